The fourth-order valence-electron chi connectivity index (χ4n) is 6.68. The standard InChI is InChI=1S/C36H49NO6/c1-5-29(23-28-16-10-8-11-17-28)32-19-12-7-6-9-15-25(2)34(39)27(4)31-21-20-26(3)36(41,43-31)24-33(38)37-22-14-13-18-30(37)35(40)42-32/h8-11,16-17,19,25-27,29-32,34,39,41H,5,13-15,18,20-24H2,1-4H3. The van der Waals surface area contributed by atoms with Gasteiger partial charge in [0.15, 0.2) is 5.79 Å². The summed E-state index contributed by atoms with van der Waals surface area (Å²) in [6, 6.07) is 9.39. The number of carbonyl (C=O) groups is 2. The number of amides is 1. The van der Waals surface area contributed by atoms with Crippen LogP contribution in [0.25, 0.3) is 0 Å². The highest BCUT2D eigenvalue weighted by Crippen LogP contribution is 2.39. The van der Waals surface area contributed by atoms with Crippen molar-refractivity contribution in [1.29, 1.82) is 0 Å². The number of hydrogen-bond acceptors (Lipinski definition) is 6. The number of aliphatic hydroxyl groups is 2. The second-order valence-corrected chi connectivity index (χ2v) is 12.9. The molecule has 7 heteroatoms. The Balaban J connectivity index is 1.69. The van der Waals surface area contributed by atoms with Crippen LogP contribution >= 0.6 is 0 Å². The molecule has 3 aliphatic rings. The van der Waals surface area contributed by atoms with Gasteiger partial charge in [-0.15, -0.1) is 0 Å². The van der Waals surface area contributed by atoms with Gasteiger partial charge in [-0.3, -0.25) is 4.79 Å². The van der Waals surface area contributed by atoms with Crippen molar-refractivity contribution in [3.05, 3.63) is 65.2 Å². The molecule has 2 saturated heterocycles. The normalized spacial score (nSPS) is 34.9. The number of nitrogens with zero attached hydrogens (tertiary/aromatic N) is 1. The summed E-state index contributed by atoms with van der Waals surface area (Å²) < 4.78 is 12.4. The van der Waals surface area contributed by atoms with Crippen molar-refractivity contribution in [1.82, 2.24) is 4.90 Å². The summed E-state index contributed by atoms with van der Waals surface area (Å²) >= 11 is 0. The zero-order chi connectivity index (χ0) is 31.0. The molecule has 0 saturated carbocycles. The van der Waals surface area contributed by atoms with Crippen LogP contribution in [0, 0.1) is 23.7 Å². The summed E-state index contributed by atoms with van der Waals surface area (Å²) in [7, 11) is 0. The van der Waals surface area contributed by atoms with Gasteiger partial charge in [0.05, 0.1) is 18.6 Å². The number of esters is 1. The molecule has 43 heavy (non-hydrogen) atoms. The Morgan fingerprint density at radius 1 is 1.07 bits per heavy atom. The minimum atomic E-state index is -1.67. The minimum Gasteiger partial charge on any atom is -0.456 e. The van der Waals surface area contributed by atoms with Crippen LogP contribution in [0.3, 0.4) is 0 Å². The van der Waals surface area contributed by atoms with E-state index in [1.807, 2.05) is 45.0 Å². The van der Waals surface area contributed by atoms with E-state index >= 15 is 0 Å². The summed E-state index contributed by atoms with van der Waals surface area (Å²) in [6.07, 6.45) is 7.23. The molecular weight excluding hydrogens is 542 g/mol. The van der Waals surface area contributed by atoms with E-state index in [9.17, 15) is 19.8 Å². The van der Waals surface area contributed by atoms with Crippen molar-refractivity contribution in [2.75, 3.05) is 6.54 Å². The van der Waals surface area contributed by atoms with Crippen LogP contribution in [0.5, 0.6) is 0 Å². The number of fused-ring (bicyclic) bond motifs is 3. The van der Waals surface area contributed by atoms with Crippen molar-refractivity contribution in [3.63, 3.8) is 0 Å². The lowest BCUT2D eigenvalue weighted by Crippen LogP contribution is -2.55. The Hall–Kier alpha value is -2.88. The minimum absolute atomic E-state index is 0.00253. The second kappa shape index (κ2) is 15.2. The van der Waals surface area contributed by atoms with Gasteiger partial charge in [0.25, 0.3) is 0 Å². The highest BCUT2D eigenvalue weighted by molar-refractivity contribution is 5.85. The maximum atomic E-state index is 13.8. The largest absolute Gasteiger partial charge is 0.456 e. The summed E-state index contributed by atoms with van der Waals surface area (Å²) in [5, 5.41) is 22.8. The van der Waals surface area contributed by atoms with Crippen LogP contribution in [0.1, 0.15) is 84.6 Å². The molecule has 2 N–H and O–H groups in total. The SMILES string of the molecule is CCC(Cc1ccccc1)C1C=C=C=C=CCC(C)C(O)C(C)C2CCC(C)C(O)(CC(=O)N3CCCCC3C(=O)O1)O2. The molecule has 0 spiro atoms. The third kappa shape index (κ3) is 8.40. The predicted octanol–water partition coefficient (Wildman–Crippen LogP) is 5.50. The van der Waals surface area contributed by atoms with Crippen molar-refractivity contribution >= 4 is 11.9 Å². The van der Waals surface area contributed by atoms with Gasteiger partial charge in [-0.2, -0.15) is 0 Å². The van der Waals surface area contributed by atoms with Gasteiger partial charge in [0.2, 0.25) is 5.91 Å². The van der Waals surface area contributed by atoms with E-state index < -0.39 is 36.1 Å². The molecule has 1 aromatic carbocycles. The summed E-state index contributed by atoms with van der Waals surface area (Å²) in [5.41, 5.74) is 10.1. The first-order valence-corrected chi connectivity index (χ1v) is 16.2. The van der Waals surface area contributed by atoms with Crippen LogP contribution in [-0.4, -0.2) is 63.7 Å². The summed E-state index contributed by atoms with van der Waals surface area (Å²) in [4.78, 5) is 29.1. The molecule has 234 valence electrons. The van der Waals surface area contributed by atoms with Crippen molar-refractivity contribution in [2.45, 2.75) is 116 Å². The Morgan fingerprint density at radius 3 is 2.58 bits per heavy atom. The highest BCUT2D eigenvalue weighted by atomic mass is 16.6. The van der Waals surface area contributed by atoms with Gasteiger partial charge >= 0.3 is 5.97 Å². The number of piperidine rings is 1. The number of cyclic esters (lactones) is 1. The third-order valence-corrected chi connectivity index (χ3v) is 9.78. The van der Waals surface area contributed by atoms with Crippen molar-refractivity contribution in [2.24, 2.45) is 23.7 Å². The number of allylic oxidation sites excluding steroid dienone is 1. The fourth-order valence-corrected chi connectivity index (χ4v) is 6.68. The molecular formula is C36H49NO6. The second-order valence-electron chi connectivity index (χ2n) is 12.9. The predicted molar refractivity (Wildman–Crippen MR) is 165 cm³/mol. The topological polar surface area (TPSA) is 96.3 Å². The van der Waals surface area contributed by atoms with Crippen molar-refractivity contribution in [3.8, 4) is 0 Å². The van der Waals surface area contributed by atoms with Gasteiger partial charge in [-0.1, -0.05) is 69.5 Å². The average Bonchev–Trinajstić information content (AvgIpc) is 3.01. The molecule has 7 nitrogen and oxygen atoms in total. The van der Waals surface area contributed by atoms with Crippen LogP contribution in [0.2, 0.25) is 0 Å². The van der Waals surface area contributed by atoms with Gasteiger partial charge < -0.3 is 24.6 Å². The van der Waals surface area contributed by atoms with E-state index in [4.69, 9.17) is 9.47 Å². The third-order valence-electron chi connectivity index (χ3n) is 9.78. The Kier molecular flexibility index (Phi) is 11.7. The number of aliphatic hydroxyl groups excluding tert-OH is 1. The van der Waals surface area contributed by atoms with E-state index in [2.05, 4.69) is 36.3 Å². The monoisotopic (exact) mass is 591 g/mol. The lowest BCUT2D eigenvalue weighted by Gasteiger charge is -2.46. The molecule has 3 aliphatic heterocycles. The molecule has 0 aliphatic carbocycles. The molecule has 3 heterocycles. The van der Waals surface area contributed by atoms with E-state index in [1.54, 1.807) is 11.0 Å². The van der Waals surface area contributed by atoms with E-state index in [0.29, 0.717) is 32.2 Å². The smallest absolute Gasteiger partial charge is 0.329 e. The molecule has 2 fully saturated rings. The maximum Gasteiger partial charge on any atom is 0.329 e. The van der Waals surface area contributed by atoms with Crippen LogP contribution in [0.15, 0.2) is 59.7 Å². The summed E-state index contributed by atoms with van der Waals surface area (Å²) in [6.45, 7) is 8.30. The number of benzene rings is 1. The van der Waals surface area contributed by atoms with Crippen LogP contribution in [-0.2, 0) is 25.5 Å². The van der Waals surface area contributed by atoms with Gasteiger partial charge in [0, 0.05) is 30.4 Å². The molecule has 1 amide bonds. The Labute approximate surface area is 257 Å². The molecule has 4 rings (SSSR count). The van der Waals surface area contributed by atoms with E-state index in [-0.39, 0.29) is 36.0 Å². The quantitative estimate of drug-likeness (QED) is 0.355. The lowest BCUT2D eigenvalue weighted by atomic mass is 9.80. The van der Waals surface area contributed by atoms with Gasteiger partial charge in [-0.25, -0.2) is 4.79 Å². The van der Waals surface area contributed by atoms with Crippen LogP contribution < -0.4 is 0 Å². The average molecular weight is 592 g/mol. The number of hydrogen-bond donors (Lipinski definition) is 2. The number of rotatable bonds is 4. The maximum absolute atomic E-state index is 13.8. The first-order chi connectivity index (χ1) is 20.6. The number of ether oxygens (including phenoxy) is 2. The van der Waals surface area contributed by atoms with Crippen molar-refractivity contribution < 1.29 is 29.3 Å². The van der Waals surface area contributed by atoms with Gasteiger partial charge in [-0.05, 0) is 74.7 Å². The molecule has 2 bridgehead atoms. The molecule has 0 radical (unpaired) electrons. The Morgan fingerprint density at radius 2 is 1.84 bits per heavy atom. The molecule has 0 aromatic heterocycles. The zero-order valence-electron chi connectivity index (χ0n) is 26.2. The first kappa shape index (κ1) is 33.0. The van der Waals surface area contributed by atoms with Gasteiger partial charge in [0.1, 0.15) is 12.1 Å². The van der Waals surface area contributed by atoms with Crippen LogP contribution in [0.4, 0.5) is 0 Å². The Bertz CT molecular complexity index is 1230. The summed E-state index contributed by atoms with van der Waals surface area (Å²) in [5.74, 6) is -3.01. The first-order valence-electron chi connectivity index (χ1n) is 16.2. The lowest BCUT2D eigenvalue weighted by molar-refractivity contribution is -0.293. The zero-order valence-corrected chi connectivity index (χ0v) is 26.2. The molecule has 9 unspecified atom stereocenters. The molecule has 1 aromatic rings. The fraction of sp³-hybridized carbons (Fsp3) is 0.639. The highest BCUT2D eigenvalue weighted by Gasteiger charge is 2.47. The number of carbonyl (C=O) groups excluding carboxylic acids is 2. The molecule has 9 atom stereocenters. The van der Waals surface area contributed by atoms with E-state index in [1.165, 1.54) is 0 Å². The van der Waals surface area contributed by atoms with E-state index in [0.717, 1.165) is 31.2 Å².